The molecule has 114 valence electrons. The van der Waals surface area contributed by atoms with Crippen LogP contribution in [-0.4, -0.2) is 41.2 Å². The fourth-order valence-corrected chi connectivity index (χ4v) is 1.86. The van der Waals surface area contributed by atoms with Crippen LogP contribution >= 0.6 is 0 Å². The lowest BCUT2D eigenvalue weighted by Gasteiger charge is -2.17. The summed E-state index contributed by atoms with van der Waals surface area (Å²) in [6, 6.07) is 7.49. The Balaban J connectivity index is 2.39. The Labute approximate surface area is 126 Å². The van der Waals surface area contributed by atoms with E-state index >= 15 is 0 Å². The van der Waals surface area contributed by atoms with Gasteiger partial charge in [-0.2, -0.15) is 0 Å². The molecule has 0 unspecified atom stereocenters. The Bertz CT molecular complexity index is 715. The lowest BCUT2D eigenvalue weighted by Crippen LogP contribution is -2.27. The Kier molecular flexibility index (Phi) is 4.26. The number of phenols is 2. The van der Waals surface area contributed by atoms with E-state index in [1.54, 1.807) is 18.2 Å². The van der Waals surface area contributed by atoms with Crippen LogP contribution in [0.4, 0.5) is 5.82 Å². The molecule has 7 nitrogen and oxygen atoms in total. The molecule has 0 aliphatic heterocycles. The van der Waals surface area contributed by atoms with Gasteiger partial charge in [-0.3, -0.25) is 9.69 Å². The number of hydrogen-bond donors (Lipinski definition) is 2. The van der Waals surface area contributed by atoms with Gasteiger partial charge in [0.2, 0.25) is 0 Å². The van der Waals surface area contributed by atoms with Crippen molar-refractivity contribution in [3.63, 3.8) is 0 Å². The third-order valence-corrected chi connectivity index (χ3v) is 3.08. The number of rotatable bonds is 3. The third-order valence-electron chi connectivity index (χ3n) is 3.08. The molecule has 0 atom stereocenters. The lowest BCUT2D eigenvalue weighted by molar-refractivity contribution is 0.0596. The lowest BCUT2D eigenvalue weighted by atomic mass is 10.1. The second-order valence-corrected chi connectivity index (χ2v) is 4.40. The van der Waals surface area contributed by atoms with Crippen molar-refractivity contribution < 1.29 is 24.5 Å². The first kappa shape index (κ1) is 15.3. The monoisotopic (exact) mass is 302 g/mol. The minimum absolute atomic E-state index is 0.154. The molecule has 2 rings (SSSR count). The Morgan fingerprint density at radius 2 is 1.73 bits per heavy atom. The van der Waals surface area contributed by atoms with E-state index in [0.717, 1.165) is 7.11 Å². The molecule has 2 aromatic rings. The molecule has 0 aliphatic rings. The number of aromatic nitrogens is 1. The molecular formula is C15H14N2O5. The molecule has 0 bridgehead atoms. The molecule has 0 saturated heterocycles. The number of carbonyl (C=O) groups is 2. The largest absolute Gasteiger partial charge is 0.504 e. The normalized spacial score (nSPS) is 10.1. The van der Waals surface area contributed by atoms with Crippen molar-refractivity contribution in [3.05, 3.63) is 47.7 Å². The van der Waals surface area contributed by atoms with Crippen molar-refractivity contribution in [1.82, 2.24) is 4.98 Å². The van der Waals surface area contributed by atoms with Crippen LogP contribution in [0.15, 0.2) is 36.5 Å². The molecule has 22 heavy (non-hydrogen) atoms. The number of esters is 1. The maximum Gasteiger partial charge on any atom is 0.341 e. The van der Waals surface area contributed by atoms with E-state index in [-0.39, 0.29) is 11.1 Å². The van der Waals surface area contributed by atoms with Gasteiger partial charge in [0.05, 0.1) is 12.7 Å². The van der Waals surface area contributed by atoms with Crippen LogP contribution in [0, 0.1) is 0 Å². The van der Waals surface area contributed by atoms with Crippen molar-refractivity contribution in [2.45, 2.75) is 0 Å². The number of pyridine rings is 1. The van der Waals surface area contributed by atoms with Crippen LogP contribution in [0.5, 0.6) is 11.5 Å². The van der Waals surface area contributed by atoms with E-state index in [0.29, 0.717) is 5.82 Å². The second-order valence-electron chi connectivity index (χ2n) is 4.40. The van der Waals surface area contributed by atoms with E-state index in [4.69, 9.17) is 0 Å². The minimum atomic E-state index is -0.815. The molecule has 7 heteroatoms. The SMILES string of the molecule is COC(=O)c1ccc(C(=O)N(C)c2ccccn2)c(O)c1O. The summed E-state index contributed by atoms with van der Waals surface area (Å²) in [5.41, 5.74) is -0.379. The molecule has 0 spiro atoms. The number of phenolic OH excluding ortho intramolecular Hbond substituents is 2. The zero-order chi connectivity index (χ0) is 16.3. The molecule has 2 N–H and O–H groups in total. The molecule has 1 aromatic heterocycles. The Hall–Kier alpha value is -3.09. The zero-order valence-corrected chi connectivity index (χ0v) is 12.0. The van der Waals surface area contributed by atoms with Crippen LogP contribution in [0.2, 0.25) is 0 Å². The van der Waals surface area contributed by atoms with Gasteiger partial charge in [-0.1, -0.05) is 6.07 Å². The molecular weight excluding hydrogens is 288 g/mol. The third kappa shape index (κ3) is 2.69. The van der Waals surface area contributed by atoms with Crippen molar-refractivity contribution >= 4 is 17.7 Å². The summed E-state index contributed by atoms with van der Waals surface area (Å²) in [5, 5.41) is 19.8. The van der Waals surface area contributed by atoms with Crippen LogP contribution < -0.4 is 4.90 Å². The summed E-state index contributed by atoms with van der Waals surface area (Å²) < 4.78 is 4.47. The number of carbonyl (C=O) groups excluding carboxylic acids is 2. The summed E-state index contributed by atoms with van der Waals surface area (Å²) in [5.74, 6) is -2.40. The van der Waals surface area contributed by atoms with E-state index < -0.39 is 23.4 Å². The highest BCUT2D eigenvalue weighted by atomic mass is 16.5. The number of methoxy groups -OCH3 is 1. The fourth-order valence-electron chi connectivity index (χ4n) is 1.86. The molecule has 1 amide bonds. The van der Waals surface area contributed by atoms with Gasteiger partial charge in [0.25, 0.3) is 5.91 Å². The highest BCUT2D eigenvalue weighted by Gasteiger charge is 2.24. The molecule has 0 saturated carbocycles. The van der Waals surface area contributed by atoms with Gasteiger partial charge in [-0.25, -0.2) is 9.78 Å². The first-order valence-electron chi connectivity index (χ1n) is 6.29. The molecule has 0 fully saturated rings. The Morgan fingerprint density at radius 3 is 2.32 bits per heavy atom. The second kappa shape index (κ2) is 6.13. The van der Waals surface area contributed by atoms with Gasteiger partial charge in [-0.15, -0.1) is 0 Å². The number of hydrogen-bond acceptors (Lipinski definition) is 6. The minimum Gasteiger partial charge on any atom is -0.504 e. The van der Waals surface area contributed by atoms with Gasteiger partial charge in [0.1, 0.15) is 11.4 Å². The average Bonchev–Trinajstić information content (AvgIpc) is 2.56. The van der Waals surface area contributed by atoms with Crippen LogP contribution in [0.25, 0.3) is 0 Å². The summed E-state index contributed by atoms with van der Waals surface area (Å²) in [6.45, 7) is 0. The van der Waals surface area contributed by atoms with E-state index in [1.807, 2.05) is 0 Å². The number of nitrogens with zero attached hydrogens (tertiary/aromatic N) is 2. The highest BCUT2D eigenvalue weighted by Crippen LogP contribution is 2.34. The van der Waals surface area contributed by atoms with Crippen molar-refractivity contribution in [3.8, 4) is 11.5 Å². The van der Waals surface area contributed by atoms with E-state index in [2.05, 4.69) is 9.72 Å². The molecule has 0 aliphatic carbocycles. The predicted octanol–water partition coefficient (Wildman–Crippen LogP) is 1.56. The van der Waals surface area contributed by atoms with Gasteiger partial charge in [0.15, 0.2) is 11.5 Å². The summed E-state index contributed by atoms with van der Waals surface area (Å²) in [4.78, 5) is 29.0. The van der Waals surface area contributed by atoms with Gasteiger partial charge in [0, 0.05) is 13.2 Å². The summed E-state index contributed by atoms with van der Waals surface area (Å²) >= 11 is 0. The van der Waals surface area contributed by atoms with E-state index in [9.17, 15) is 19.8 Å². The van der Waals surface area contributed by atoms with Crippen molar-refractivity contribution in [2.24, 2.45) is 0 Å². The van der Waals surface area contributed by atoms with Crippen LogP contribution in [-0.2, 0) is 4.74 Å². The van der Waals surface area contributed by atoms with Crippen molar-refractivity contribution in [1.29, 1.82) is 0 Å². The predicted molar refractivity (Wildman–Crippen MR) is 78.1 cm³/mol. The number of aromatic hydroxyl groups is 2. The van der Waals surface area contributed by atoms with E-state index in [1.165, 1.54) is 30.3 Å². The first-order chi connectivity index (χ1) is 10.5. The average molecular weight is 302 g/mol. The highest BCUT2D eigenvalue weighted by molar-refractivity contribution is 6.08. The molecule has 0 radical (unpaired) electrons. The molecule has 1 aromatic carbocycles. The quantitative estimate of drug-likeness (QED) is 0.659. The smallest absolute Gasteiger partial charge is 0.341 e. The number of ether oxygens (including phenoxy) is 1. The van der Waals surface area contributed by atoms with Crippen molar-refractivity contribution in [2.75, 3.05) is 19.1 Å². The van der Waals surface area contributed by atoms with Gasteiger partial charge >= 0.3 is 5.97 Å². The maximum atomic E-state index is 12.4. The topological polar surface area (TPSA) is 100.0 Å². The molecule has 1 heterocycles. The standard InChI is InChI=1S/C15H14N2O5/c1-17(11-5-3-4-8-16-11)14(20)9-6-7-10(15(21)22-2)13(19)12(9)18/h3-8,18-19H,1-2H3. The van der Waals surface area contributed by atoms with Crippen LogP contribution in [0.1, 0.15) is 20.7 Å². The number of benzene rings is 1. The fraction of sp³-hybridized carbons (Fsp3) is 0.133. The van der Waals surface area contributed by atoms with Gasteiger partial charge in [-0.05, 0) is 24.3 Å². The Morgan fingerprint density at radius 1 is 1.09 bits per heavy atom. The number of anilines is 1. The van der Waals surface area contributed by atoms with Crippen LogP contribution in [0.3, 0.4) is 0 Å². The summed E-state index contributed by atoms with van der Waals surface area (Å²) in [7, 11) is 2.63. The maximum absolute atomic E-state index is 12.4. The number of amides is 1. The first-order valence-corrected chi connectivity index (χ1v) is 6.29. The zero-order valence-electron chi connectivity index (χ0n) is 12.0. The van der Waals surface area contributed by atoms with Gasteiger partial charge < -0.3 is 14.9 Å². The summed E-state index contributed by atoms with van der Waals surface area (Å²) in [6.07, 6.45) is 1.52.